The van der Waals surface area contributed by atoms with Gasteiger partial charge in [0.2, 0.25) is 11.8 Å². The average Bonchev–Trinajstić information content (AvgIpc) is 2.83. The molecule has 0 fully saturated rings. The number of nitrogens with zero attached hydrogens (tertiary/aromatic N) is 2. The molecule has 0 saturated carbocycles. The number of rotatable bonds is 8. The van der Waals surface area contributed by atoms with Crippen molar-refractivity contribution in [3.8, 4) is 0 Å². The highest BCUT2D eigenvalue weighted by Gasteiger charge is 2.13. The third kappa shape index (κ3) is 5.81. The van der Waals surface area contributed by atoms with E-state index in [4.69, 9.17) is 9.63 Å². The van der Waals surface area contributed by atoms with E-state index in [1.165, 1.54) is 0 Å². The Morgan fingerprint density at radius 2 is 2.00 bits per heavy atom. The molecule has 0 aromatic carbocycles. The summed E-state index contributed by atoms with van der Waals surface area (Å²) in [6, 6.07) is -0.160. The Morgan fingerprint density at radius 3 is 2.55 bits per heavy atom. The minimum absolute atomic E-state index is 0.0445. The van der Waals surface area contributed by atoms with Gasteiger partial charge in [-0.2, -0.15) is 4.98 Å². The third-order valence-electron chi connectivity index (χ3n) is 2.76. The molecule has 0 radical (unpaired) electrons. The molecule has 0 saturated heterocycles. The van der Waals surface area contributed by atoms with E-state index in [1.807, 2.05) is 13.8 Å². The number of hydrogen-bond acceptors (Lipinski definition) is 5. The Balaban J connectivity index is 2.30. The molecule has 7 heteroatoms. The Morgan fingerprint density at radius 1 is 1.30 bits per heavy atom. The van der Waals surface area contributed by atoms with Gasteiger partial charge in [0, 0.05) is 31.2 Å². The first-order valence-corrected chi connectivity index (χ1v) is 6.72. The van der Waals surface area contributed by atoms with Crippen LogP contribution in [0, 0.1) is 0 Å². The van der Waals surface area contributed by atoms with E-state index >= 15 is 0 Å². The lowest BCUT2D eigenvalue weighted by Crippen LogP contribution is -2.33. The minimum atomic E-state index is -0.863. The minimum Gasteiger partial charge on any atom is -0.481 e. The smallest absolute Gasteiger partial charge is 0.303 e. The molecule has 1 aromatic rings. The van der Waals surface area contributed by atoms with E-state index in [2.05, 4.69) is 15.5 Å². The number of nitrogens with one attached hydrogen (secondary N) is 1. The monoisotopic (exact) mass is 283 g/mol. The molecule has 0 bridgehead atoms. The molecule has 20 heavy (non-hydrogen) atoms. The van der Waals surface area contributed by atoms with Crippen molar-refractivity contribution in [2.75, 3.05) is 0 Å². The van der Waals surface area contributed by atoms with Crippen molar-refractivity contribution in [2.24, 2.45) is 0 Å². The van der Waals surface area contributed by atoms with Crippen LogP contribution >= 0.6 is 0 Å². The molecular weight excluding hydrogens is 262 g/mol. The largest absolute Gasteiger partial charge is 0.481 e. The molecule has 1 atom stereocenters. The molecule has 112 valence electrons. The second-order valence-corrected chi connectivity index (χ2v) is 5.10. The SMILES string of the molecule is CC(CCC(=O)O)NC(=O)CCc1nc(C(C)C)no1. The number of carbonyl (C=O) groups is 2. The fraction of sp³-hybridized carbons (Fsp3) is 0.692. The van der Waals surface area contributed by atoms with Gasteiger partial charge in [-0.25, -0.2) is 0 Å². The predicted octanol–water partition coefficient (Wildman–Crippen LogP) is 1.50. The topological polar surface area (TPSA) is 105 Å². The maximum atomic E-state index is 11.7. The average molecular weight is 283 g/mol. The standard InChI is InChI=1S/C13H21N3O4/c1-8(2)13-15-11(20-16-13)6-5-10(17)14-9(3)4-7-12(18)19/h8-9H,4-7H2,1-3H3,(H,14,17)(H,18,19). The zero-order valence-corrected chi connectivity index (χ0v) is 12.0. The predicted molar refractivity (Wildman–Crippen MR) is 71.2 cm³/mol. The lowest BCUT2D eigenvalue weighted by atomic mass is 10.1. The first-order valence-electron chi connectivity index (χ1n) is 6.72. The Bertz CT molecular complexity index is 456. The molecule has 1 amide bonds. The summed E-state index contributed by atoms with van der Waals surface area (Å²) in [4.78, 5) is 26.3. The molecule has 2 N–H and O–H groups in total. The zero-order chi connectivity index (χ0) is 15.1. The van der Waals surface area contributed by atoms with Crippen molar-refractivity contribution >= 4 is 11.9 Å². The number of carboxylic acids is 1. The summed E-state index contributed by atoms with van der Waals surface area (Å²) in [5, 5.41) is 15.1. The van der Waals surface area contributed by atoms with Crippen LogP contribution in [0.5, 0.6) is 0 Å². The van der Waals surface area contributed by atoms with Gasteiger partial charge in [-0.3, -0.25) is 9.59 Å². The van der Waals surface area contributed by atoms with Gasteiger partial charge in [-0.15, -0.1) is 0 Å². The number of carbonyl (C=O) groups excluding carboxylic acids is 1. The number of aromatic nitrogens is 2. The lowest BCUT2D eigenvalue weighted by molar-refractivity contribution is -0.137. The van der Waals surface area contributed by atoms with E-state index in [9.17, 15) is 9.59 Å². The van der Waals surface area contributed by atoms with E-state index < -0.39 is 5.97 Å². The highest BCUT2D eigenvalue weighted by Crippen LogP contribution is 2.10. The maximum Gasteiger partial charge on any atom is 0.303 e. The fourth-order valence-electron chi connectivity index (χ4n) is 1.58. The first kappa shape index (κ1) is 16.1. The molecule has 0 aliphatic heterocycles. The van der Waals surface area contributed by atoms with Gasteiger partial charge in [0.15, 0.2) is 5.82 Å². The van der Waals surface area contributed by atoms with Crippen LogP contribution in [0.25, 0.3) is 0 Å². The summed E-state index contributed by atoms with van der Waals surface area (Å²) in [5.74, 6) is 0.264. The third-order valence-corrected chi connectivity index (χ3v) is 2.76. The van der Waals surface area contributed by atoms with Gasteiger partial charge in [-0.1, -0.05) is 19.0 Å². The Kier molecular flexibility index (Phi) is 6.14. The highest BCUT2D eigenvalue weighted by molar-refractivity contribution is 5.76. The Hall–Kier alpha value is -1.92. The number of aliphatic carboxylic acids is 1. The van der Waals surface area contributed by atoms with Gasteiger partial charge in [0.05, 0.1) is 0 Å². The normalized spacial score (nSPS) is 12.4. The van der Waals surface area contributed by atoms with Crippen LogP contribution in [0.15, 0.2) is 4.52 Å². The van der Waals surface area contributed by atoms with Crippen molar-refractivity contribution in [3.63, 3.8) is 0 Å². The van der Waals surface area contributed by atoms with Crippen molar-refractivity contribution in [2.45, 2.75) is 58.4 Å². The van der Waals surface area contributed by atoms with Crippen molar-refractivity contribution < 1.29 is 19.2 Å². The number of hydrogen-bond donors (Lipinski definition) is 2. The molecule has 1 aromatic heterocycles. The number of aryl methyl sites for hydroxylation is 1. The van der Waals surface area contributed by atoms with E-state index in [0.29, 0.717) is 24.6 Å². The van der Waals surface area contributed by atoms with Crippen LogP contribution in [-0.2, 0) is 16.0 Å². The van der Waals surface area contributed by atoms with Crippen molar-refractivity contribution in [1.29, 1.82) is 0 Å². The zero-order valence-electron chi connectivity index (χ0n) is 12.0. The van der Waals surface area contributed by atoms with Crippen LogP contribution in [-0.4, -0.2) is 33.2 Å². The second-order valence-electron chi connectivity index (χ2n) is 5.10. The summed E-state index contributed by atoms with van der Waals surface area (Å²) in [6.45, 7) is 5.71. The summed E-state index contributed by atoms with van der Waals surface area (Å²) in [7, 11) is 0. The van der Waals surface area contributed by atoms with Gasteiger partial charge >= 0.3 is 5.97 Å². The second kappa shape index (κ2) is 7.62. The summed E-state index contributed by atoms with van der Waals surface area (Å²) in [6.07, 6.45) is 1.09. The van der Waals surface area contributed by atoms with Gasteiger partial charge in [-0.05, 0) is 13.3 Å². The van der Waals surface area contributed by atoms with Crippen LogP contribution in [0.4, 0.5) is 0 Å². The molecule has 1 unspecified atom stereocenters. The highest BCUT2D eigenvalue weighted by atomic mass is 16.5. The van der Waals surface area contributed by atoms with Gasteiger partial charge < -0.3 is 14.9 Å². The molecule has 0 aliphatic carbocycles. The molecule has 0 aliphatic rings. The number of amides is 1. The first-order chi connectivity index (χ1) is 9.38. The van der Waals surface area contributed by atoms with Crippen molar-refractivity contribution in [1.82, 2.24) is 15.5 Å². The van der Waals surface area contributed by atoms with Crippen LogP contribution in [0.2, 0.25) is 0 Å². The molecule has 0 spiro atoms. The van der Waals surface area contributed by atoms with Crippen LogP contribution < -0.4 is 5.32 Å². The van der Waals surface area contributed by atoms with E-state index in [0.717, 1.165) is 0 Å². The molecule has 1 heterocycles. The summed E-state index contributed by atoms with van der Waals surface area (Å²) >= 11 is 0. The van der Waals surface area contributed by atoms with E-state index in [1.54, 1.807) is 6.92 Å². The van der Waals surface area contributed by atoms with Gasteiger partial charge in [0.25, 0.3) is 0 Å². The summed E-state index contributed by atoms with van der Waals surface area (Å²) in [5.41, 5.74) is 0. The van der Waals surface area contributed by atoms with Crippen molar-refractivity contribution in [3.05, 3.63) is 11.7 Å². The molecule has 1 rings (SSSR count). The quantitative estimate of drug-likeness (QED) is 0.749. The van der Waals surface area contributed by atoms with E-state index in [-0.39, 0.29) is 30.7 Å². The summed E-state index contributed by atoms with van der Waals surface area (Å²) < 4.78 is 5.04. The molecule has 7 nitrogen and oxygen atoms in total. The van der Waals surface area contributed by atoms with Crippen LogP contribution in [0.1, 0.15) is 57.7 Å². The molecular formula is C13H21N3O4. The lowest BCUT2D eigenvalue weighted by Gasteiger charge is -2.11. The maximum absolute atomic E-state index is 11.7. The van der Waals surface area contributed by atoms with Crippen LogP contribution in [0.3, 0.4) is 0 Å². The fourth-order valence-corrected chi connectivity index (χ4v) is 1.58. The van der Waals surface area contributed by atoms with Gasteiger partial charge in [0.1, 0.15) is 0 Å². The number of carboxylic acid groups (broad SMARTS) is 1. The Labute approximate surface area is 117 Å².